The second-order valence-electron chi connectivity index (χ2n) is 7.19. The van der Waals surface area contributed by atoms with Gasteiger partial charge in [0.05, 0.1) is 21.3 Å². The summed E-state index contributed by atoms with van der Waals surface area (Å²) in [7, 11) is 4.60. The lowest BCUT2D eigenvalue weighted by Gasteiger charge is -2.15. The molecular weight excluding hydrogens is 412 g/mol. The van der Waals surface area contributed by atoms with E-state index in [1.807, 2.05) is 0 Å². The largest absolute Gasteiger partial charge is 0.493 e. The molecule has 0 saturated carbocycles. The van der Waals surface area contributed by atoms with Crippen LogP contribution in [0.15, 0.2) is 42.5 Å². The van der Waals surface area contributed by atoms with E-state index >= 15 is 0 Å². The van der Waals surface area contributed by atoms with Crippen molar-refractivity contribution in [1.82, 2.24) is 4.90 Å². The topological polar surface area (TPSA) is 86.3 Å². The van der Waals surface area contributed by atoms with Gasteiger partial charge in [-0.15, -0.1) is 0 Å². The van der Waals surface area contributed by atoms with Crippen LogP contribution in [0.1, 0.15) is 18.4 Å². The number of amides is 2. The Morgan fingerprint density at radius 3 is 2.31 bits per heavy atom. The van der Waals surface area contributed by atoms with Gasteiger partial charge < -0.3 is 29.2 Å². The average Bonchev–Trinajstić information content (AvgIpc) is 3.36. The Labute approximate surface area is 187 Å². The highest BCUT2D eigenvalue weighted by Gasteiger charge is 2.18. The van der Waals surface area contributed by atoms with E-state index in [-0.39, 0.29) is 18.4 Å². The van der Waals surface area contributed by atoms with Crippen LogP contribution >= 0.6 is 0 Å². The van der Waals surface area contributed by atoms with Crippen LogP contribution in [0.2, 0.25) is 0 Å². The summed E-state index contributed by atoms with van der Waals surface area (Å²) in [6.07, 6.45) is 5.13. The Balaban J connectivity index is 1.60. The minimum absolute atomic E-state index is 0.0154. The van der Waals surface area contributed by atoms with Crippen molar-refractivity contribution in [3.63, 3.8) is 0 Å². The zero-order valence-electron chi connectivity index (χ0n) is 18.6. The number of anilines is 1. The number of hydrogen-bond donors (Lipinski definition) is 1. The van der Waals surface area contributed by atoms with Gasteiger partial charge in [-0.2, -0.15) is 0 Å². The molecule has 0 aromatic heterocycles. The molecule has 2 aromatic rings. The molecule has 1 fully saturated rings. The van der Waals surface area contributed by atoms with Crippen LogP contribution in [-0.2, 0) is 9.59 Å². The molecule has 8 nitrogen and oxygen atoms in total. The third kappa shape index (κ3) is 5.94. The first-order valence-corrected chi connectivity index (χ1v) is 10.3. The second kappa shape index (κ2) is 11.1. The van der Waals surface area contributed by atoms with Gasteiger partial charge in [0.25, 0.3) is 5.91 Å². The van der Waals surface area contributed by atoms with E-state index in [1.165, 1.54) is 27.4 Å². The van der Waals surface area contributed by atoms with E-state index in [0.717, 1.165) is 25.9 Å². The van der Waals surface area contributed by atoms with Crippen molar-refractivity contribution in [3.8, 4) is 23.0 Å². The number of carbonyl (C=O) groups is 2. The van der Waals surface area contributed by atoms with Crippen molar-refractivity contribution in [2.45, 2.75) is 12.8 Å². The molecule has 1 heterocycles. The van der Waals surface area contributed by atoms with Crippen molar-refractivity contribution < 1.29 is 28.5 Å². The van der Waals surface area contributed by atoms with Gasteiger partial charge in [-0.05, 0) is 48.7 Å². The maximum Gasteiger partial charge on any atom is 0.260 e. The molecule has 2 aromatic carbocycles. The smallest absolute Gasteiger partial charge is 0.260 e. The molecule has 0 spiro atoms. The highest BCUT2D eigenvalue weighted by molar-refractivity contribution is 6.02. The van der Waals surface area contributed by atoms with Crippen LogP contribution < -0.4 is 24.3 Å². The van der Waals surface area contributed by atoms with E-state index in [2.05, 4.69) is 5.32 Å². The lowest BCUT2D eigenvalue weighted by molar-refractivity contribution is -0.132. The van der Waals surface area contributed by atoms with Crippen LogP contribution in [0, 0.1) is 0 Å². The van der Waals surface area contributed by atoms with E-state index in [4.69, 9.17) is 18.9 Å². The Morgan fingerprint density at radius 2 is 1.69 bits per heavy atom. The van der Waals surface area contributed by atoms with Crippen LogP contribution in [-0.4, -0.2) is 57.7 Å². The Hall–Kier alpha value is -3.68. The normalized spacial score (nSPS) is 13.2. The summed E-state index contributed by atoms with van der Waals surface area (Å²) in [4.78, 5) is 26.3. The fourth-order valence-corrected chi connectivity index (χ4v) is 3.42. The van der Waals surface area contributed by atoms with Crippen molar-refractivity contribution in [1.29, 1.82) is 0 Å². The summed E-state index contributed by atoms with van der Waals surface area (Å²) in [6.45, 7) is 1.56. The quantitative estimate of drug-likeness (QED) is 0.602. The number of benzene rings is 2. The molecule has 32 heavy (non-hydrogen) atoms. The number of ether oxygens (including phenoxy) is 4. The summed E-state index contributed by atoms with van der Waals surface area (Å²) in [5.41, 5.74) is 1.28. The molecule has 1 aliphatic rings. The van der Waals surface area contributed by atoms with Crippen LogP contribution in [0.5, 0.6) is 23.0 Å². The summed E-state index contributed by atoms with van der Waals surface area (Å²) in [6, 6.07) is 10.4. The monoisotopic (exact) mass is 440 g/mol. The molecule has 3 rings (SSSR count). The van der Waals surface area contributed by atoms with Gasteiger partial charge in [0, 0.05) is 30.9 Å². The van der Waals surface area contributed by atoms with Crippen LogP contribution in [0.25, 0.3) is 6.08 Å². The Kier molecular flexibility index (Phi) is 7.96. The summed E-state index contributed by atoms with van der Waals surface area (Å²) < 4.78 is 21.6. The molecule has 170 valence electrons. The van der Waals surface area contributed by atoms with Gasteiger partial charge in [0.1, 0.15) is 5.75 Å². The molecular formula is C24H28N2O6. The van der Waals surface area contributed by atoms with E-state index in [9.17, 15) is 9.59 Å². The third-order valence-corrected chi connectivity index (χ3v) is 5.04. The summed E-state index contributed by atoms with van der Waals surface area (Å²) in [5, 5.41) is 2.79. The number of rotatable bonds is 9. The molecule has 0 bridgehead atoms. The first kappa shape index (κ1) is 23.0. The number of nitrogens with one attached hydrogen (secondary N) is 1. The van der Waals surface area contributed by atoms with Crippen LogP contribution in [0.3, 0.4) is 0 Å². The van der Waals surface area contributed by atoms with E-state index in [1.54, 1.807) is 47.4 Å². The minimum atomic E-state index is -0.316. The molecule has 0 unspecified atom stereocenters. The predicted molar refractivity (Wildman–Crippen MR) is 122 cm³/mol. The molecule has 0 radical (unpaired) electrons. The van der Waals surface area contributed by atoms with Gasteiger partial charge in [-0.25, -0.2) is 0 Å². The summed E-state index contributed by atoms with van der Waals surface area (Å²) in [5.74, 6) is 1.66. The van der Waals surface area contributed by atoms with Crippen molar-refractivity contribution in [2.24, 2.45) is 0 Å². The van der Waals surface area contributed by atoms with Crippen molar-refractivity contribution in [3.05, 3.63) is 48.0 Å². The van der Waals surface area contributed by atoms with Crippen molar-refractivity contribution >= 4 is 23.6 Å². The average molecular weight is 440 g/mol. The lowest BCUT2D eigenvalue weighted by Crippen LogP contribution is -2.32. The Bertz CT molecular complexity index is 957. The molecule has 1 saturated heterocycles. The zero-order valence-corrected chi connectivity index (χ0v) is 18.6. The lowest BCUT2D eigenvalue weighted by atomic mass is 10.1. The van der Waals surface area contributed by atoms with Gasteiger partial charge in [-0.1, -0.05) is 6.07 Å². The van der Waals surface area contributed by atoms with Crippen molar-refractivity contribution in [2.75, 3.05) is 46.3 Å². The van der Waals surface area contributed by atoms with Gasteiger partial charge in [0.15, 0.2) is 18.1 Å². The highest BCUT2D eigenvalue weighted by Crippen LogP contribution is 2.38. The number of hydrogen-bond acceptors (Lipinski definition) is 6. The number of likely N-dealkylation sites (tertiary alicyclic amines) is 1. The maximum atomic E-state index is 12.4. The van der Waals surface area contributed by atoms with E-state index < -0.39 is 0 Å². The Morgan fingerprint density at radius 1 is 1.00 bits per heavy atom. The molecule has 1 N–H and O–H groups in total. The molecule has 0 atom stereocenters. The number of carbonyl (C=O) groups excluding carboxylic acids is 2. The predicted octanol–water partition coefficient (Wildman–Crippen LogP) is 3.37. The molecule has 0 aliphatic carbocycles. The first-order chi connectivity index (χ1) is 15.5. The van der Waals surface area contributed by atoms with Gasteiger partial charge in [0.2, 0.25) is 11.7 Å². The number of methoxy groups -OCH3 is 3. The SMILES string of the molecule is COc1cc(/C=C/C(=O)Nc2cccc(OCC(=O)N3CCCC3)c2)cc(OC)c1OC. The molecule has 2 amide bonds. The standard InChI is InChI=1S/C24H28N2O6/c1-29-20-13-17(14-21(30-2)24(20)31-3)9-10-22(27)25-18-7-6-8-19(15-18)32-16-23(28)26-11-4-5-12-26/h6-10,13-15H,4-5,11-12,16H2,1-3H3,(H,25,27)/b10-9+. The van der Waals surface area contributed by atoms with Crippen LogP contribution in [0.4, 0.5) is 5.69 Å². The van der Waals surface area contributed by atoms with Gasteiger partial charge in [-0.3, -0.25) is 9.59 Å². The fourth-order valence-electron chi connectivity index (χ4n) is 3.42. The summed E-state index contributed by atoms with van der Waals surface area (Å²) >= 11 is 0. The first-order valence-electron chi connectivity index (χ1n) is 10.3. The maximum absolute atomic E-state index is 12.4. The third-order valence-electron chi connectivity index (χ3n) is 5.04. The molecule has 8 heteroatoms. The second-order valence-corrected chi connectivity index (χ2v) is 7.19. The fraction of sp³-hybridized carbons (Fsp3) is 0.333. The number of nitrogens with zero attached hydrogens (tertiary/aromatic N) is 1. The van der Waals surface area contributed by atoms with Gasteiger partial charge >= 0.3 is 0 Å². The molecule has 1 aliphatic heterocycles. The minimum Gasteiger partial charge on any atom is -0.493 e. The highest BCUT2D eigenvalue weighted by atomic mass is 16.5. The van der Waals surface area contributed by atoms with E-state index in [0.29, 0.717) is 34.2 Å². The zero-order chi connectivity index (χ0) is 22.9.